The second-order valence-electron chi connectivity index (χ2n) is 6.15. The van der Waals surface area contributed by atoms with Crippen LogP contribution >= 0.6 is 11.3 Å². The zero-order valence-corrected chi connectivity index (χ0v) is 16.7. The van der Waals surface area contributed by atoms with Gasteiger partial charge in [-0.3, -0.25) is 4.79 Å². The molecule has 3 aromatic carbocycles. The smallest absolute Gasteiger partial charge is 0.263 e. The number of nitrogens with zero attached hydrogens (tertiary/aromatic N) is 1. The number of aromatic nitrogens is 1. The fraction of sp³-hybridized carbons (Fsp3) is 0.0909. The van der Waals surface area contributed by atoms with E-state index in [0.717, 1.165) is 21.0 Å². The van der Waals surface area contributed by atoms with Crippen LogP contribution in [0.1, 0.15) is 10.4 Å². The molecular weight excluding hydrogens is 386 g/mol. The first-order chi connectivity index (χ1) is 14.2. The minimum Gasteiger partial charge on any atom is -0.496 e. The highest BCUT2D eigenvalue weighted by atomic mass is 32.1. The van der Waals surface area contributed by atoms with Gasteiger partial charge in [-0.15, -0.1) is 0 Å². The first-order valence-electron chi connectivity index (χ1n) is 8.93. The van der Waals surface area contributed by atoms with E-state index in [9.17, 15) is 4.79 Å². The van der Waals surface area contributed by atoms with Gasteiger partial charge in [-0.05, 0) is 36.4 Å². The summed E-state index contributed by atoms with van der Waals surface area (Å²) in [6.07, 6.45) is 0. The zero-order chi connectivity index (χ0) is 20.2. The summed E-state index contributed by atoms with van der Waals surface area (Å²) in [5.41, 5.74) is 2.64. The lowest BCUT2D eigenvalue weighted by molar-refractivity contribution is 0.102. The van der Waals surface area contributed by atoms with Gasteiger partial charge in [-0.1, -0.05) is 41.7 Å². The SMILES string of the molecule is COc1cccc(OC)c1C(=O)Nc1cccc2sc(Nc3ccccc3)nc12. The van der Waals surface area contributed by atoms with Gasteiger partial charge >= 0.3 is 0 Å². The van der Waals surface area contributed by atoms with E-state index in [2.05, 4.69) is 15.6 Å². The van der Waals surface area contributed by atoms with Gasteiger partial charge in [-0.2, -0.15) is 0 Å². The summed E-state index contributed by atoms with van der Waals surface area (Å²) in [6.45, 7) is 0. The van der Waals surface area contributed by atoms with Gasteiger partial charge in [-0.25, -0.2) is 4.98 Å². The van der Waals surface area contributed by atoms with E-state index in [1.54, 1.807) is 18.2 Å². The Labute approximate surface area is 172 Å². The Morgan fingerprint density at radius 2 is 1.59 bits per heavy atom. The van der Waals surface area contributed by atoms with Crippen molar-refractivity contribution in [3.05, 3.63) is 72.3 Å². The number of amides is 1. The Bertz CT molecular complexity index is 1140. The summed E-state index contributed by atoms with van der Waals surface area (Å²) in [5.74, 6) is 0.565. The van der Waals surface area contributed by atoms with E-state index >= 15 is 0 Å². The van der Waals surface area contributed by atoms with Crippen molar-refractivity contribution in [1.29, 1.82) is 0 Å². The molecule has 1 amide bonds. The molecule has 0 aliphatic rings. The monoisotopic (exact) mass is 405 g/mol. The molecule has 0 atom stereocenters. The lowest BCUT2D eigenvalue weighted by Gasteiger charge is -2.13. The Balaban J connectivity index is 1.66. The second-order valence-corrected chi connectivity index (χ2v) is 7.18. The van der Waals surface area contributed by atoms with E-state index in [0.29, 0.717) is 22.7 Å². The molecule has 1 heterocycles. The highest BCUT2D eigenvalue weighted by molar-refractivity contribution is 7.22. The van der Waals surface area contributed by atoms with Crippen LogP contribution in [0.5, 0.6) is 11.5 Å². The van der Waals surface area contributed by atoms with E-state index in [-0.39, 0.29) is 5.91 Å². The van der Waals surface area contributed by atoms with Gasteiger partial charge in [0.05, 0.1) is 24.6 Å². The fourth-order valence-corrected chi connectivity index (χ4v) is 3.92. The summed E-state index contributed by atoms with van der Waals surface area (Å²) in [7, 11) is 3.04. The van der Waals surface area contributed by atoms with Crippen molar-refractivity contribution >= 4 is 44.0 Å². The molecule has 0 fully saturated rings. The van der Waals surface area contributed by atoms with Gasteiger partial charge in [0.15, 0.2) is 5.13 Å². The number of thiazole rings is 1. The van der Waals surface area contributed by atoms with Crippen molar-refractivity contribution in [3.63, 3.8) is 0 Å². The summed E-state index contributed by atoms with van der Waals surface area (Å²) >= 11 is 1.52. The van der Waals surface area contributed by atoms with Crippen LogP contribution in [0.4, 0.5) is 16.5 Å². The number of benzene rings is 3. The largest absolute Gasteiger partial charge is 0.496 e. The number of hydrogen-bond acceptors (Lipinski definition) is 6. The topological polar surface area (TPSA) is 72.5 Å². The quantitative estimate of drug-likeness (QED) is 0.455. The standard InChI is InChI=1S/C22H19N3O3S/c1-27-16-11-7-12-17(28-2)19(16)21(26)24-15-10-6-13-18-20(15)25-22(29-18)23-14-8-4-3-5-9-14/h3-13H,1-2H3,(H,23,25)(H,24,26). The number of para-hydroxylation sites is 2. The van der Waals surface area contributed by atoms with Crippen LogP contribution in [-0.4, -0.2) is 25.1 Å². The third-order valence-electron chi connectivity index (χ3n) is 4.35. The molecule has 0 aliphatic carbocycles. The number of carbonyl (C=O) groups excluding carboxylic acids is 1. The maximum Gasteiger partial charge on any atom is 0.263 e. The molecule has 0 spiro atoms. The van der Waals surface area contributed by atoms with Crippen LogP contribution in [0.3, 0.4) is 0 Å². The maximum absolute atomic E-state index is 13.0. The summed E-state index contributed by atoms with van der Waals surface area (Å²) in [6, 6.07) is 20.7. The number of ether oxygens (including phenoxy) is 2. The van der Waals surface area contributed by atoms with Gasteiger partial charge in [0.1, 0.15) is 22.6 Å². The first kappa shape index (κ1) is 18.8. The fourth-order valence-electron chi connectivity index (χ4n) is 3.01. The highest BCUT2D eigenvalue weighted by Crippen LogP contribution is 2.34. The number of nitrogens with one attached hydrogen (secondary N) is 2. The second kappa shape index (κ2) is 8.20. The normalized spacial score (nSPS) is 10.6. The molecule has 0 aliphatic heterocycles. The lowest BCUT2D eigenvalue weighted by Crippen LogP contribution is -2.14. The molecule has 0 bridgehead atoms. The number of carbonyl (C=O) groups is 1. The first-order valence-corrected chi connectivity index (χ1v) is 9.75. The van der Waals surface area contributed by atoms with E-state index in [4.69, 9.17) is 9.47 Å². The molecule has 2 N–H and O–H groups in total. The zero-order valence-electron chi connectivity index (χ0n) is 15.9. The molecule has 29 heavy (non-hydrogen) atoms. The van der Waals surface area contributed by atoms with Crippen LogP contribution in [0.15, 0.2) is 66.7 Å². The average molecular weight is 405 g/mol. The predicted octanol–water partition coefficient (Wildman–Crippen LogP) is 5.31. The number of fused-ring (bicyclic) bond motifs is 1. The van der Waals surface area contributed by atoms with Gasteiger partial charge in [0, 0.05) is 5.69 Å². The van der Waals surface area contributed by atoms with Gasteiger partial charge in [0.25, 0.3) is 5.91 Å². The molecule has 0 saturated heterocycles. The molecular formula is C22H19N3O3S. The highest BCUT2D eigenvalue weighted by Gasteiger charge is 2.19. The van der Waals surface area contributed by atoms with Crippen molar-refractivity contribution in [3.8, 4) is 11.5 Å². The van der Waals surface area contributed by atoms with Crippen LogP contribution in [0.2, 0.25) is 0 Å². The molecule has 1 aromatic heterocycles. The molecule has 0 unspecified atom stereocenters. The van der Waals surface area contributed by atoms with Crippen molar-refractivity contribution in [2.45, 2.75) is 0 Å². The third kappa shape index (κ3) is 3.86. The number of methoxy groups -OCH3 is 2. The van der Waals surface area contributed by atoms with Crippen molar-refractivity contribution < 1.29 is 14.3 Å². The van der Waals surface area contributed by atoms with Crippen LogP contribution < -0.4 is 20.1 Å². The number of rotatable bonds is 6. The third-order valence-corrected chi connectivity index (χ3v) is 5.28. The average Bonchev–Trinajstić information content (AvgIpc) is 3.17. The minimum atomic E-state index is -0.322. The maximum atomic E-state index is 13.0. The van der Waals surface area contributed by atoms with E-state index < -0.39 is 0 Å². The van der Waals surface area contributed by atoms with E-state index in [1.807, 2.05) is 48.5 Å². The Morgan fingerprint density at radius 1 is 0.897 bits per heavy atom. The molecule has 4 aromatic rings. The van der Waals surface area contributed by atoms with Gasteiger partial charge < -0.3 is 20.1 Å². The molecule has 0 saturated carbocycles. The lowest BCUT2D eigenvalue weighted by atomic mass is 10.1. The molecule has 4 rings (SSSR count). The summed E-state index contributed by atoms with van der Waals surface area (Å²) in [4.78, 5) is 17.7. The Morgan fingerprint density at radius 3 is 2.28 bits per heavy atom. The summed E-state index contributed by atoms with van der Waals surface area (Å²) in [5, 5.41) is 6.99. The van der Waals surface area contributed by atoms with Crippen LogP contribution in [0, 0.1) is 0 Å². The summed E-state index contributed by atoms with van der Waals surface area (Å²) < 4.78 is 11.6. The van der Waals surface area contributed by atoms with Crippen molar-refractivity contribution in [2.24, 2.45) is 0 Å². The molecule has 7 heteroatoms. The predicted molar refractivity (Wildman–Crippen MR) is 117 cm³/mol. The van der Waals surface area contributed by atoms with Crippen molar-refractivity contribution in [1.82, 2.24) is 4.98 Å². The Hall–Kier alpha value is -3.58. The number of hydrogen-bond donors (Lipinski definition) is 2. The van der Waals surface area contributed by atoms with E-state index in [1.165, 1.54) is 25.6 Å². The van der Waals surface area contributed by atoms with Crippen LogP contribution in [0.25, 0.3) is 10.2 Å². The van der Waals surface area contributed by atoms with Crippen molar-refractivity contribution in [2.75, 3.05) is 24.9 Å². The molecule has 0 radical (unpaired) electrons. The number of anilines is 3. The molecule has 6 nitrogen and oxygen atoms in total. The van der Waals surface area contributed by atoms with Crippen LogP contribution in [-0.2, 0) is 0 Å². The minimum absolute atomic E-state index is 0.322. The van der Waals surface area contributed by atoms with Gasteiger partial charge in [0.2, 0.25) is 0 Å². The Kier molecular flexibility index (Phi) is 5.31. The molecule has 146 valence electrons.